The molecule has 0 saturated heterocycles. The monoisotopic (exact) mass is 357 g/mol. The minimum atomic E-state index is -3.66. The third-order valence-corrected chi connectivity index (χ3v) is 5.70. The lowest BCUT2D eigenvalue weighted by Crippen LogP contribution is -2.29. The zero-order valence-corrected chi connectivity index (χ0v) is 14.7. The molecule has 8 heteroatoms. The number of ether oxygens (including phenoxy) is 1. The molecule has 1 aromatic rings. The van der Waals surface area contributed by atoms with Crippen LogP contribution in [-0.4, -0.2) is 45.4 Å². The lowest BCUT2D eigenvalue weighted by atomic mass is 10.2. The van der Waals surface area contributed by atoms with E-state index in [0.717, 1.165) is 0 Å². The molecule has 114 valence electrons. The summed E-state index contributed by atoms with van der Waals surface area (Å²) in [4.78, 5) is 0.0479. The summed E-state index contributed by atoms with van der Waals surface area (Å²) in [5.74, 6) is 1.09. The van der Waals surface area contributed by atoms with Crippen LogP contribution in [0.2, 0.25) is 5.02 Å². The molecular formula is C12H17Cl2NO3S2. The van der Waals surface area contributed by atoms with E-state index in [0.29, 0.717) is 22.9 Å². The van der Waals surface area contributed by atoms with Crippen molar-refractivity contribution in [2.24, 2.45) is 0 Å². The Morgan fingerprint density at radius 2 is 2.05 bits per heavy atom. The Balaban J connectivity index is 3.33. The van der Waals surface area contributed by atoms with Gasteiger partial charge in [-0.05, 0) is 18.4 Å². The van der Waals surface area contributed by atoms with Gasteiger partial charge in [0.2, 0.25) is 10.0 Å². The molecule has 0 atom stereocenters. The van der Waals surface area contributed by atoms with Gasteiger partial charge in [0.25, 0.3) is 0 Å². The van der Waals surface area contributed by atoms with Crippen molar-refractivity contribution in [3.05, 3.63) is 22.7 Å². The van der Waals surface area contributed by atoms with Crippen LogP contribution in [-0.2, 0) is 15.9 Å². The van der Waals surface area contributed by atoms with Gasteiger partial charge >= 0.3 is 0 Å². The van der Waals surface area contributed by atoms with Gasteiger partial charge in [-0.25, -0.2) is 8.42 Å². The molecule has 0 saturated carbocycles. The summed E-state index contributed by atoms with van der Waals surface area (Å²) in [5, 5.41) is 0.318. The maximum Gasteiger partial charge on any atom is 0.246 e. The van der Waals surface area contributed by atoms with Crippen LogP contribution in [0.15, 0.2) is 17.0 Å². The minimum absolute atomic E-state index is 0.0479. The van der Waals surface area contributed by atoms with Gasteiger partial charge in [0.15, 0.2) is 0 Å². The largest absolute Gasteiger partial charge is 0.495 e. The first kappa shape index (κ1) is 17.9. The minimum Gasteiger partial charge on any atom is -0.495 e. The highest BCUT2D eigenvalue weighted by molar-refractivity contribution is 7.98. The van der Waals surface area contributed by atoms with Gasteiger partial charge in [0.1, 0.15) is 10.6 Å². The zero-order chi connectivity index (χ0) is 15.3. The van der Waals surface area contributed by atoms with Crippen molar-refractivity contribution in [3.63, 3.8) is 0 Å². The predicted octanol–water partition coefficient (Wildman–Crippen LogP) is 3.07. The van der Waals surface area contributed by atoms with Crippen LogP contribution in [0.1, 0.15) is 5.56 Å². The topological polar surface area (TPSA) is 46.6 Å². The lowest BCUT2D eigenvalue weighted by molar-refractivity contribution is 0.395. The maximum atomic E-state index is 12.6. The SMILES string of the molecule is COc1c(CCl)cc(Cl)cc1S(=O)(=O)N(C)CCSC. The van der Waals surface area contributed by atoms with Gasteiger partial charge in [-0.3, -0.25) is 0 Å². The highest BCUT2D eigenvalue weighted by Crippen LogP contribution is 2.34. The first-order valence-corrected chi connectivity index (χ1v) is 9.50. The molecule has 1 aromatic carbocycles. The summed E-state index contributed by atoms with van der Waals surface area (Å²) in [6.07, 6.45) is 1.92. The number of hydrogen-bond acceptors (Lipinski definition) is 4. The average Bonchev–Trinajstić information content (AvgIpc) is 2.43. The maximum absolute atomic E-state index is 12.6. The molecule has 0 heterocycles. The van der Waals surface area contributed by atoms with E-state index in [-0.39, 0.29) is 16.5 Å². The molecule has 4 nitrogen and oxygen atoms in total. The second-order valence-electron chi connectivity index (χ2n) is 4.05. The molecule has 0 aliphatic rings. The molecular weight excluding hydrogens is 341 g/mol. The molecule has 0 fully saturated rings. The molecule has 0 amide bonds. The first-order chi connectivity index (χ1) is 9.38. The summed E-state index contributed by atoms with van der Waals surface area (Å²) in [5.41, 5.74) is 0.554. The molecule has 0 aliphatic carbocycles. The van der Waals surface area contributed by atoms with E-state index in [4.69, 9.17) is 27.9 Å². The van der Waals surface area contributed by atoms with E-state index in [1.165, 1.54) is 24.5 Å². The van der Waals surface area contributed by atoms with Gasteiger partial charge in [-0.15, -0.1) is 11.6 Å². The zero-order valence-electron chi connectivity index (χ0n) is 11.5. The number of nitrogens with zero attached hydrogens (tertiary/aromatic N) is 1. The Bertz CT molecular complexity index is 564. The summed E-state index contributed by atoms with van der Waals surface area (Å²) in [6, 6.07) is 3.00. The van der Waals surface area contributed by atoms with E-state index in [1.54, 1.807) is 17.8 Å². The summed E-state index contributed by atoms with van der Waals surface area (Å²) < 4.78 is 31.6. The molecule has 0 bridgehead atoms. The molecule has 20 heavy (non-hydrogen) atoms. The van der Waals surface area contributed by atoms with Crippen LogP contribution >= 0.6 is 35.0 Å². The van der Waals surface area contributed by atoms with Crippen molar-refractivity contribution >= 4 is 45.0 Å². The second kappa shape index (κ2) is 7.75. The smallest absolute Gasteiger partial charge is 0.246 e. The average molecular weight is 358 g/mol. The number of hydrogen-bond donors (Lipinski definition) is 0. The number of rotatable bonds is 7. The summed E-state index contributed by atoms with van der Waals surface area (Å²) in [7, 11) is -0.706. The van der Waals surface area contributed by atoms with Crippen LogP contribution < -0.4 is 4.74 Å². The van der Waals surface area contributed by atoms with Crippen molar-refractivity contribution < 1.29 is 13.2 Å². The van der Waals surface area contributed by atoms with Gasteiger partial charge < -0.3 is 4.74 Å². The molecule has 0 aliphatic heterocycles. The number of halogens is 2. The second-order valence-corrected chi connectivity index (χ2v) is 7.75. The molecule has 0 spiro atoms. The van der Waals surface area contributed by atoms with Gasteiger partial charge in [-0.2, -0.15) is 16.1 Å². The third kappa shape index (κ3) is 3.95. The Morgan fingerprint density at radius 1 is 1.40 bits per heavy atom. The Morgan fingerprint density at radius 3 is 2.55 bits per heavy atom. The first-order valence-electron chi connectivity index (χ1n) is 5.76. The number of methoxy groups -OCH3 is 1. The van der Waals surface area contributed by atoms with E-state index < -0.39 is 10.0 Å². The van der Waals surface area contributed by atoms with E-state index in [2.05, 4.69) is 0 Å². The van der Waals surface area contributed by atoms with Crippen LogP contribution in [0.5, 0.6) is 5.75 Å². The fraction of sp³-hybridized carbons (Fsp3) is 0.500. The Labute approximate surface area is 134 Å². The molecule has 0 aromatic heterocycles. The fourth-order valence-corrected chi connectivity index (χ4v) is 4.12. The lowest BCUT2D eigenvalue weighted by Gasteiger charge is -2.20. The van der Waals surface area contributed by atoms with Gasteiger partial charge in [0.05, 0.1) is 13.0 Å². The van der Waals surface area contributed by atoms with Crippen LogP contribution in [0.25, 0.3) is 0 Å². The van der Waals surface area contributed by atoms with Crippen molar-refractivity contribution in [2.75, 3.05) is 32.7 Å². The fourth-order valence-electron chi connectivity index (χ4n) is 1.65. The number of alkyl halides is 1. The molecule has 0 unspecified atom stereocenters. The standard InChI is InChI=1S/C12H17Cl2NO3S2/c1-15(4-5-19-3)20(16,17)11-7-10(14)6-9(8-13)12(11)18-2/h6-7H,4-5,8H2,1-3H3. The number of sulfonamides is 1. The van der Waals surface area contributed by atoms with E-state index >= 15 is 0 Å². The molecule has 0 N–H and O–H groups in total. The van der Waals surface area contributed by atoms with Crippen LogP contribution in [0, 0.1) is 0 Å². The van der Waals surface area contributed by atoms with Crippen molar-refractivity contribution in [1.82, 2.24) is 4.31 Å². The quantitative estimate of drug-likeness (QED) is 0.703. The molecule has 0 radical (unpaired) electrons. The van der Waals surface area contributed by atoms with E-state index in [1.807, 2.05) is 6.26 Å². The van der Waals surface area contributed by atoms with Crippen molar-refractivity contribution in [1.29, 1.82) is 0 Å². The molecule has 1 rings (SSSR count). The Hall–Kier alpha value is -0.140. The van der Waals surface area contributed by atoms with Crippen LogP contribution in [0.4, 0.5) is 0 Å². The predicted molar refractivity (Wildman–Crippen MR) is 85.8 cm³/mol. The van der Waals surface area contributed by atoms with Crippen LogP contribution in [0.3, 0.4) is 0 Å². The number of benzene rings is 1. The third-order valence-electron chi connectivity index (χ3n) is 2.74. The Kier molecular flexibility index (Phi) is 6.94. The van der Waals surface area contributed by atoms with E-state index in [9.17, 15) is 8.42 Å². The highest BCUT2D eigenvalue weighted by Gasteiger charge is 2.26. The highest BCUT2D eigenvalue weighted by atomic mass is 35.5. The van der Waals surface area contributed by atoms with Gasteiger partial charge in [0, 0.05) is 29.9 Å². The summed E-state index contributed by atoms with van der Waals surface area (Å²) in [6.45, 7) is 0.412. The summed E-state index contributed by atoms with van der Waals surface area (Å²) >= 11 is 13.4. The number of thioether (sulfide) groups is 1. The van der Waals surface area contributed by atoms with Gasteiger partial charge in [-0.1, -0.05) is 11.6 Å². The normalized spacial score (nSPS) is 11.9. The van der Waals surface area contributed by atoms with Crippen molar-refractivity contribution in [2.45, 2.75) is 10.8 Å². The van der Waals surface area contributed by atoms with Crippen molar-refractivity contribution in [3.8, 4) is 5.75 Å².